The lowest BCUT2D eigenvalue weighted by atomic mass is 10.0. The molecule has 0 unspecified atom stereocenters. The number of aryl methyl sites for hydroxylation is 2. The Morgan fingerprint density at radius 3 is 2.14 bits per heavy atom. The molecule has 2 heterocycles. The summed E-state index contributed by atoms with van der Waals surface area (Å²) in [5.41, 5.74) is 3.78. The fourth-order valence-corrected chi connectivity index (χ4v) is 4.71. The quantitative estimate of drug-likeness (QED) is 0.369. The molecule has 0 saturated carbocycles. The number of piperazine rings is 1. The second-order valence-corrected chi connectivity index (χ2v) is 8.96. The van der Waals surface area contributed by atoms with Gasteiger partial charge in [0, 0.05) is 39.3 Å². The van der Waals surface area contributed by atoms with Gasteiger partial charge in [-0.05, 0) is 33.5 Å². The first-order chi connectivity index (χ1) is 17.4. The van der Waals surface area contributed by atoms with Gasteiger partial charge in [-0.1, -0.05) is 103 Å². The Labute approximate surface area is 207 Å². The Morgan fingerprint density at radius 2 is 1.43 bits per heavy atom. The third kappa shape index (κ3) is 6.10. The smallest absolute Gasteiger partial charge is 0.173 e. The van der Waals surface area contributed by atoms with E-state index < -0.39 is 0 Å². The van der Waals surface area contributed by atoms with Crippen LogP contribution in [-0.2, 0) is 13.0 Å². The summed E-state index contributed by atoms with van der Waals surface area (Å²) in [7, 11) is 0. The van der Waals surface area contributed by atoms with E-state index in [1.807, 2.05) is 4.68 Å². The minimum atomic E-state index is 0.0454. The maximum atomic E-state index is 4.52. The molecule has 1 aliphatic rings. The Bertz CT molecular complexity index is 1180. The van der Waals surface area contributed by atoms with E-state index in [9.17, 15) is 0 Å². The van der Waals surface area contributed by atoms with Crippen molar-refractivity contribution in [2.45, 2.75) is 19.0 Å². The van der Waals surface area contributed by atoms with Crippen LogP contribution in [0.3, 0.4) is 0 Å². The van der Waals surface area contributed by atoms with E-state index in [4.69, 9.17) is 0 Å². The third-order valence-electron chi connectivity index (χ3n) is 6.62. The van der Waals surface area contributed by atoms with Crippen LogP contribution in [0.2, 0.25) is 0 Å². The molecule has 3 aromatic carbocycles. The first-order valence-corrected chi connectivity index (χ1v) is 12.4. The highest BCUT2D eigenvalue weighted by atomic mass is 15.6. The summed E-state index contributed by atoms with van der Waals surface area (Å²) in [6.07, 6.45) is 5.38. The maximum absolute atomic E-state index is 4.52. The van der Waals surface area contributed by atoms with Gasteiger partial charge < -0.3 is 0 Å². The first kappa shape index (κ1) is 23.1. The molecule has 0 amide bonds. The monoisotopic (exact) mass is 464 g/mol. The van der Waals surface area contributed by atoms with E-state index in [0.29, 0.717) is 0 Å². The number of benzene rings is 3. The number of rotatable bonds is 9. The van der Waals surface area contributed by atoms with E-state index >= 15 is 0 Å². The molecule has 1 aliphatic heterocycles. The van der Waals surface area contributed by atoms with E-state index in [-0.39, 0.29) is 6.04 Å². The van der Waals surface area contributed by atoms with E-state index in [0.717, 1.165) is 51.5 Å². The summed E-state index contributed by atoms with van der Waals surface area (Å²) in [6, 6.07) is 31.7. The molecule has 0 radical (unpaired) electrons. The van der Waals surface area contributed by atoms with Crippen LogP contribution >= 0.6 is 0 Å². The minimum Gasteiger partial charge on any atom is -0.297 e. The lowest BCUT2D eigenvalue weighted by Crippen LogP contribution is -2.48. The topological polar surface area (TPSA) is 50.1 Å². The number of nitrogens with zero attached hydrogens (tertiary/aromatic N) is 6. The van der Waals surface area contributed by atoms with Crippen LogP contribution < -0.4 is 0 Å². The van der Waals surface area contributed by atoms with Crippen molar-refractivity contribution in [3.8, 4) is 0 Å². The van der Waals surface area contributed by atoms with Crippen molar-refractivity contribution in [2.75, 3.05) is 32.7 Å². The molecule has 4 aromatic rings. The first-order valence-electron chi connectivity index (χ1n) is 12.4. The van der Waals surface area contributed by atoms with Crippen LogP contribution in [0.4, 0.5) is 0 Å². The summed E-state index contributed by atoms with van der Waals surface area (Å²) < 4.78 is 1.99. The number of tetrazole rings is 1. The fraction of sp³-hybridized carbons (Fsp3) is 0.276. The molecule has 1 aromatic heterocycles. The number of hydrogen-bond donors (Lipinski definition) is 0. The molecular formula is C29H32N6. The molecule has 1 fully saturated rings. The van der Waals surface area contributed by atoms with Gasteiger partial charge in [0.2, 0.25) is 0 Å². The molecule has 0 bridgehead atoms. The normalized spacial score (nSPS) is 16.0. The molecular weight excluding hydrogens is 432 g/mol. The highest BCUT2D eigenvalue weighted by molar-refractivity contribution is 5.48. The molecule has 0 aliphatic carbocycles. The van der Waals surface area contributed by atoms with Gasteiger partial charge in [-0.2, -0.15) is 0 Å². The van der Waals surface area contributed by atoms with Crippen molar-refractivity contribution in [3.05, 3.63) is 120 Å². The SMILES string of the molecule is C(=C\c1ccccc1)/CN1CCN([C@@H](c2ccccc2)c2nnnn2CCc2ccccc2)CC1. The summed E-state index contributed by atoms with van der Waals surface area (Å²) >= 11 is 0. The lowest BCUT2D eigenvalue weighted by molar-refractivity contribution is 0.112. The third-order valence-corrected chi connectivity index (χ3v) is 6.62. The number of hydrogen-bond acceptors (Lipinski definition) is 5. The molecule has 35 heavy (non-hydrogen) atoms. The van der Waals surface area contributed by atoms with Gasteiger partial charge >= 0.3 is 0 Å². The Morgan fingerprint density at radius 1 is 0.771 bits per heavy atom. The summed E-state index contributed by atoms with van der Waals surface area (Å²) in [4.78, 5) is 5.04. The van der Waals surface area contributed by atoms with Gasteiger partial charge in [-0.3, -0.25) is 9.80 Å². The van der Waals surface area contributed by atoms with Crippen LogP contribution in [0.25, 0.3) is 6.08 Å². The average molecular weight is 465 g/mol. The van der Waals surface area contributed by atoms with Gasteiger partial charge in [-0.25, -0.2) is 4.68 Å². The Hall–Kier alpha value is -3.61. The molecule has 5 rings (SSSR count). The van der Waals surface area contributed by atoms with Gasteiger partial charge in [0.05, 0.1) is 6.04 Å². The molecule has 6 nitrogen and oxygen atoms in total. The predicted molar refractivity (Wildman–Crippen MR) is 140 cm³/mol. The van der Waals surface area contributed by atoms with Crippen molar-refractivity contribution < 1.29 is 0 Å². The molecule has 6 heteroatoms. The predicted octanol–water partition coefficient (Wildman–Crippen LogP) is 4.34. The van der Waals surface area contributed by atoms with Crippen molar-refractivity contribution in [3.63, 3.8) is 0 Å². The highest BCUT2D eigenvalue weighted by Gasteiger charge is 2.30. The zero-order valence-electron chi connectivity index (χ0n) is 20.0. The minimum absolute atomic E-state index is 0.0454. The molecule has 0 spiro atoms. The zero-order valence-corrected chi connectivity index (χ0v) is 20.0. The van der Waals surface area contributed by atoms with Crippen LogP contribution in [0.15, 0.2) is 97.1 Å². The van der Waals surface area contributed by atoms with Crippen LogP contribution in [-0.4, -0.2) is 62.7 Å². The summed E-state index contributed by atoms with van der Waals surface area (Å²) in [5.74, 6) is 0.921. The van der Waals surface area contributed by atoms with Crippen molar-refractivity contribution in [1.29, 1.82) is 0 Å². The largest absolute Gasteiger partial charge is 0.297 e. The Balaban J connectivity index is 1.27. The van der Waals surface area contributed by atoms with Crippen molar-refractivity contribution >= 4 is 6.08 Å². The lowest BCUT2D eigenvalue weighted by Gasteiger charge is -2.38. The molecule has 0 N–H and O–H groups in total. The fourth-order valence-electron chi connectivity index (χ4n) is 4.71. The maximum Gasteiger partial charge on any atom is 0.173 e. The molecule has 178 valence electrons. The van der Waals surface area contributed by atoms with Crippen molar-refractivity contribution in [1.82, 2.24) is 30.0 Å². The zero-order chi connectivity index (χ0) is 23.7. The van der Waals surface area contributed by atoms with Crippen LogP contribution in [0.1, 0.15) is 28.6 Å². The standard InChI is InChI=1S/C29H32N6/c1-4-11-25(12-5-1)15-10-19-33-21-23-34(24-22-33)28(27-16-8-3-9-17-27)29-30-31-32-35(29)20-18-26-13-6-2-7-14-26/h1-17,28H,18-24H2/b15-10+/t28-/m0/s1. The van der Waals surface area contributed by atoms with E-state index in [2.05, 4.69) is 128 Å². The van der Waals surface area contributed by atoms with Crippen molar-refractivity contribution in [2.24, 2.45) is 0 Å². The van der Waals surface area contributed by atoms with Gasteiger partial charge in [0.15, 0.2) is 5.82 Å². The van der Waals surface area contributed by atoms with Gasteiger partial charge in [0.1, 0.15) is 0 Å². The van der Waals surface area contributed by atoms with Crippen LogP contribution in [0, 0.1) is 0 Å². The number of aromatic nitrogens is 4. The van der Waals surface area contributed by atoms with E-state index in [1.165, 1.54) is 16.7 Å². The van der Waals surface area contributed by atoms with Crippen LogP contribution in [0.5, 0.6) is 0 Å². The summed E-state index contributed by atoms with van der Waals surface area (Å²) in [5, 5.41) is 13.0. The van der Waals surface area contributed by atoms with Gasteiger partial charge in [-0.15, -0.1) is 5.10 Å². The molecule has 1 atom stereocenters. The van der Waals surface area contributed by atoms with E-state index in [1.54, 1.807) is 0 Å². The summed E-state index contributed by atoms with van der Waals surface area (Å²) in [6.45, 7) is 5.73. The second kappa shape index (κ2) is 11.7. The Kier molecular flexibility index (Phi) is 7.73. The highest BCUT2D eigenvalue weighted by Crippen LogP contribution is 2.28. The average Bonchev–Trinajstić information content (AvgIpc) is 3.38. The molecule has 1 saturated heterocycles. The van der Waals surface area contributed by atoms with Gasteiger partial charge in [0.25, 0.3) is 0 Å². The second-order valence-electron chi connectivity index (χ2n) is 8.96.